The van der Waals surface area contributed by atoms with Crippen molar-refractivity contribution in [1.82, 2.24) is 53.4 Å². The lowest BCUT2D eigenvalue weighted by atomic mass is 9.88. The summed E-state index contributed by atoms with van der Waals surface area (Å²) in [4.78, 5) is 89.6. The van der Waals surface area contributed by atoms with E-state index in [4.69, 9.17) is 26.2 Å². The average Bonchev–Trinajstić information content (AvgIpc) is 1.59. The first kappa shape index (κ1) is 87.4. The van der Waals surface area contributed by atoms with Crippen LogP contribution in [0, 0.1) is 0 Å². The number of aliphatic hydroxyl groups excluding tert-OH is 2. The van der Waals surface area contributed by atoms with Gasteiger partial charge >= 0.3 is 0 Å². The number of fused-ring (bicyclic) bond motifs is 8. The number of benzene rings is 9. The molecule has 5 aliphatic carbocycles. The molecule has 2 atom stereocenters. The number of carbonyl (C=O) groups excluding carboxylic acids is 6. The number of nitrogens with one attached hydrogen (secondary N) is 2. The molecular formula is C108H102ClN13O10. The molecule has 24 heteroatoms. The predicted octanol–water partition coefficient (Wildman–Crippen LogP) is 17.4. The molecule has 9 aromatic carbocycles. The number of hydrogen-bond donors (Lipinski definition) is 4. The average molecular weight is 1780 g/mol. The maximum Gasteiger partial charge on any atom is 0.173 e. The number of allylic oxidation sites excluding steroid dienone is 6. The summed E-state index contributed by atoms with van der Waals surface area (Å²) >= 11 is 6.41. The summed E-state index contributed by atoms with van der Waals surface area (Å²) in [7, 11) is 7.85. The van der Waals surface area contributed by atoms with Crippen LogP contribution in [0.25, 0.3) is 110 Å². The van der Waals surface area contributed by atoms with E-state index in [1.165, 1.54) is 41.5 Å². The van der Waals surface area contributed by atoms with Gasteiger partial charge in [0.25, 0.3) is 0 Å². The Morgan fingerprint density at radius 1 is 0.394 bits per heavy atom. The lowest BCUT2D eigenvalue weighted by Crippen LogP contribution is -2.28. The van der Waals surface area contributed by atoms with Crippen molar-refractivity contribution >= 4 is 157 Å². The van der Waals surface area contributed by atoms with Crippen molar-refractivity contribution in [1.29, 1.82) is 0 Å². The summed E-state index contributed by atoms with van der Waals surface area (Å²) in [6.45, 7) is 5.55. The largest absolute Gasteiger partial charge is 0.394 e. The van der Waals surface area contributed by atoms with Gasteiger partial charge in [-0.1, -0.05) is 157 Å². The number of ether oxygens (including phenoxy) is 2. The van der Waals surface area contributed by atoms with Crippen molar-refractivity contribution in [3.63, 3.8) is 0 Å². The van der Waals surface area contributed by atoms with Crippen molar-refractivity contribution in [3.8, 4) is 11.4 Å². The minimum Gasteiger partial charge on any atom is -0.394 e. The third-order valence-electron chi connectivity index (χ3n) is 26.0. The Balaban J connectivity index is 0.000000132. The summed E-state index contributed by atoms with van der Waals surface area (Å²) in [5, 5.41) is 41.7. The molecule has 7 heterocycles. The Morgan fingerprint density at radius 2 is 0.833 bits per heavy atom. The van der Waals surface area contributed by atoms with Gasteiger partial charge in [-0.3, -0.25) is 38.1 Å². The van der Waals surface area contributed by atoms with E-state index in [9.17, 15) is 39.0 Å². The van der Waals surface area contributed by atoms with Crippen LogP contribution >= 0.6 is 11.6 Å². The minimum atomic E-state index is -0.274. The van der Waals surface area contributed by atoms with E-state index in [0.717, 1.165) is 144 Å². The zero-order valence-corrected chi connectivity index (χ0v) is 75.0. The van der Waals surface area contributed by atoms with E-state index in [1.807, 2.05) is 201 Å². The number of hydrogen-bond acceptors (Lipinski definition) is 17. The van der Waals surface area contributed by atoms with Crippen molar-refractivity contribution in [2.24, 2.45) is 0 Å². The third-order valence-corrected chi connectivity index (χ3v) is 26.2. The van der Waals surface area contributed by atoms with Gasteiger partial charge < -0.3 is 58.4 Å². The Hall–Kier alpha value is -13.9. The molecule has 4 N–H and O–H groups in total. The van der Waals surface area contributed by atoms with Crippen LogP contribution < -0.4 is 20.4 Å². The fourth-order valence-electron chi connectivity index (χ4n) is 19.9. The molecule has 23 nitrogen and oxygen atoms in total. The molecule has 0 aliphatic heterocycles. The number of halogens is 1. The predicted molar refractivity (Wildman–Crippen MR) is 522 cm³/mol. The molecule has 0 saturated carbocycles. The highest BCUT2D eigenvalue weighted by molar-refractivity contribution is 6.54. The second-order valence-electron chi connectivity index (χ2n) is 34.6. The molecule has 21 rings (SSSR count). The fourth-order valence-corrected chi connectivity index (χ4v) is 20.0. The number of Topliss-reactive ketones (excluding diaryl/α,β-unsaturated/α-hetero) is 6. The van der Waals surface area contributed by atoms with Crippen LogP contribution in [0.1, 0.15) is 113 Å². The fraction of sp³-hybridized carbons (Fsp3) is 0.250. The number of carbonyl (C=O) groups is 6. The molecule has 2 unspecified atom stereocenters. The first-order chi connectivity index (χ1) is 64.5. The smallest absolute Gasteiger partial charge is 0.173 e. The van der Waals surface area contributed by atoms with Gasteiger partial charge in [0.2, 0.25) is 0 Å². The highest BCUT2D eigenvalue weighted by Crippen LogP contribution is 2.47. The maximum atomic E-state index is 13.8. The number of ketones is 6. The van der Waals surface area contributed by atoms with Crippen LogP contribution in [-0.2, 0) is 77.3 Å². The van der Waals surface area contributed by atoms with E-state index in [-0.39, 0.29) is 73.7 Å². The quantitative estimate of drug-likeness (QED) is 0.0262. The molecule has 0 fully saturated rings. The van der Waals surface area contributed by atoms with Gasteiger partial charge in [0, 0.05) is 196 Å². The number of aliphatic hydroxyl groups is 2. The van der Waals surface area contributed by atoms with Crippen LogP contribution in [0.3, 0.4) is 0 Å². The summed E-state index contributed by atoms with van der Waals surface area (Å²) < 4.78 is 23.7. The van der Waals surface area contributed by atoms with Gasteiger partial charge in [-0.2, -0.15) is 10.2 Å². The second kappa shape index (κ2) is 38.3. The van der Waals surface area contributed by atoms with Gasteiger partial charge in [-0.15, -0.1) is 0 Å². The van der Waals surface area contributed by atoms with Crippen LogP contribution in [0.2, 0.25) is 5.02 Å². The number of rotatable bonds is 28. The van der Waals surface area contributed by atoms with Crippen LogP contribution in [0.4, 0.5) is 11.5 Å². The number of aryl methyl sites for hydroxylation is 2. The summed E-state index contributed by atoms with van der Waals surface area (Å²) in [5.41, 5.74) is 20.4. The van der Waals surface area contributed by atoms with Gasteiger partial charge in [0.05, 0.1) is 117 Å². The summed E-state index contributed by atoms with van der Waals surface area (Å²) in [6.07, 6.45) is 16.2. The molecule has 0 radical (unpaired) electrons. The van der Waals surface area contributed by atoms with Gasteiger partial charge in [-0.05, 0) is 140 Å². The zero-order valence-electron chi connectivity index (χ0n) is 74.2. The Morgan fingerprint density at radius 3 is 1.36 bits per heavy atom. The topological polar surface area (TPSA) is 260 Å². The van der Waals surface area contributed by atoms with Crippen molar-refractivity contribution in [3.05, 3.63) is 316 Å². The zero-order chi connectivity index (χ0) is 90.8. The number of aromatic nitrogens is 9. The molecule has 132 heavy (non-hydrogen) atoms. The number of anilines is 2. The monoisotopic (exact) mass is 1780 g/mol. The molecule has 16 aromatic rings. The first-order valence-corrected chi connectivity index (χ1v) is 45.7. The highest BCUT2D eigenvalue weighted by Gasteiger charge is 2.40. The number of para-hydroxylation sites is 5. The van der Waals surface area contributed by atoms with E-state index >= 15 is 0 Å². The molecule has 7 aromatic heterocycles. The van der Waals surface area contributed by atoms with E-state index < -0.39 is 0 Å². The van der Waals surface area contributed by atoms with Crippen LogP contribution in [0.5, 0.6) is 0 Å². The minimum absolute atomic E-state index is 0.0800. The summed E-state index contributed by atoms with van der Waals surface area (Å²) in [5.74, 6) is -0.385. The second-order valence-corrected chi connectivity index (χ2v) is 35.0. The van der Waals surface area contributed by atoms with Crippen LogP contribution in [-0.4, -0.2) is 169 Å². The third kappa shape index (κ3) is 17.1. The number of nitrogens with zero attached hydrogens (tertiary/aromatic N) is 11. The molecular weight excluding hydrogens is 1670 g/mol. The van der Waals surface area contributed by atoms with Crippen LogP contribution in [0.15, 0.2) is 255 Å². The first-order valence-electron chi connectivity index (χ1n) is 45.3. The number of pyridine rings is 1. The van der Waals surface area contributed by atoms with Crippen molar-refractivity contribution < 1.29 is 48.5 Å². The van der Waals surface area contributed by atoms with Gasteiger partial charge in [0.15, 0.2) is 34.7 Å². The van der Waals surface area contributed by atoms with Crippen molar-refractivity contribution in [2.45, 2.75) is 96.1 Å². The summed E-state index contributed by atoms with van der Waals surface area (Å²) in [6, 6.07) is 75.3. The lowest BCUT2D eigenvalue weighted by molar-refractivity contribution is -0.121. The lowest BCUT2D eigenvalue weighted by Gasteiger charge is -2.26. The van der Waals surface area contributed by atoms with E-state index in [0.29, 0.717) is 107 Å². The maximum absolute atomic E-state index is 13.8. The molecule has 666 valence electrons. The van der Waals surface area contributed by atoms with Crippen molar-refractivity contribution in [2.75, 3.05) is 90.7 Å². The molecule has 0 saturated heterocycles. The normalized spacial score (nSPS) is 15.8. The Bertz CT molecular complexity index is 7310. The Kier molecular flexibility index (Phi) is 25.4. The standard InChI is InChI=1S/C49H52N4O4.C30H26N4O3.C29H24ClN5O3/c54-46-31-47(55)49(48(46)40-32-52(44-21-7-5-17-38(40)44)25-23-50-42-19-9-13-34-11-1-3-15-36(34)42)41-33-53(45-22-8-6-18-39(41)45)26-28-57-30-29-56-27-24-51-43-20-10-14-35-12-2-4-16-37(35)43;1-32(2)19-8-7-9-20(16-19)33-18-23(21-10-3-5-12-24(21)33)28-26(36)17-27(37)29(28)30-22-11-4-6-13-25(22)34(31-30)14-15-35;1-33(2)26-10-8-18(15-31-26)34-16-21(20-13-17(30)7-9-22(20)34)27-24(37)14-25(38)28(27)29-19-5-3-4-6-23(19)35(32-29)11-12-36/h1-8,11-12,15-18,21-22,32-33,42-43,50-51H,9-10,13-14,19-20,23-31H2;3-13,16,18,35H,14-15,17H2,1-2H3;3-10,13,15-16,36H,11-12,14H2,1-2H3. The molecule has 0 spiro atoms. The highest BCUT2D eigenvalue weighted by atomic mass is 35.5. The molecule has 0 bridgehead atoms. The van der Waals surface area contributed by atoms with E-state index in [1.54, 1.807) is 21.6 Å². The van der Waals surface area contributed by atoms with Gasteiger partial charge in [-0.25, -0.2) is 4.98 Å². The van der Waals surface area contributed by atoms with Gasteiger partial charge in [0.1, 0.15) is 17.2 Å². The SMILES string of the molecule is CN(C)c1ccc(-n2cc(C3=C(c4nn(CCO)c5ccccc45)C(=O)CC3=O)c3cc(Cl)ccc32)cn1.CN(C)c1cccc(-n2cc(C3=C(c4nn(CCO)c5ccccc45)C(=O)CC3=O)c3ccccc32)c1.O=C1CC(=O)C(c2cn(CCOCCOCCNC3CCCc4ccccc43)c3ccccc23)=C1c1cn(CCNC2CCCc3ccccc32)c2ccccc12. The van der Waals surface area contributed by atoms with E-state index in [2.05, 4.69) is 119 Å². The Labute approximate surface area is 768 Å². The molecule has 5 aliphatic rings. The molecule has 0 amide bonds.